The van der Waals surface area contributed by atoms with E-state index >= 15 is 0 Å². The lowest BCUT2D eigenvalue weighted by molar-refractivity contribution is 0.404. The third-order valence-corrected chi connectivity index (χ3v) is 2.56. The fourth-order valence-electron chi connectivity index (χ4n) is 1.33. The van der Waals surface area contributed by atoms with Crippen LogP contribution in [-0.4, -0.2) is 13.7 Å². The molecule has 1 aromatic carbocycles. The summed E-state index contributed by atoms with van der Waals surface area (Å²) in [5.41, 5.74) is 12.4. The highest BCUT2D eigenvalue weighted by Gasteiger charge is 2.11. The van der Waals surface area contributed by atoms with Crippen molar-refractivity contribution in [3.63, 3.8) is 0 Å². The average Bonchev–Trinajstić information content (AvgIpc) is 2.18. The Labute approximate surface area is 105 Å². The van der Waals surface area contributed by atoms with Gasteiger partial charge in [-0.3, -0.25) is 0 Å². The molecule has 0 fully saturated rings. The lowest BCUT2D eigenvalue weighted by Crippen LogP contribution is -2.16. The Morgan fingerprint density at radius 2 is 2.13 bits per heavy atom. The van der Waals surface area contributed by atoms with Gasteiger partial charge in [-0.15, -0.1) is 12.4 Å². The molecule has 3 nitrogen and oxygen atoms in total. The van der Waals surface area contributed by atoms with Crippen molar-refractivity contribution < 1.29 is 4.74 Å². The van der Waals surface area contributed by atoms with E-state index in [1.807, 2.05) is 18.2 Å². The summed E-state index contributed by atoms with van der Waals surface area (Å²) in [4.78, 5) is 0. The van der Waals surface area contributed by atoms with Gasteiger partial charge in [-0.1, -0.05) is 15.9 Å². The van der Waals surface area contributed by atoms with Crippen molar-refractivity contribution in [3.8, 4) is 5.75 Å². The van der Waals surface area contributed by atoms with Gasteiger partial charge in [-0.25, -0.2) is 0 Å². The maximum Gasteiger partial charge on any atom is 0.123 e. The predicted molar refractivity (Wildman–Crippen MR) is 68.5 cm³/mol. The van der Waals surface area contributed by atoms with E-state index in [0.29, 0.717) is 6.54 Å². The van der Waals surface area contributed by atoms with Crippen LogP contribution in [0.2, 0.25) is 0 Å². The fourth-order valence-corrected chi connectivity index (χ4v) is 1.71. The number of hydrogen-bond donors (Lipinski definition) is 2. The smallest absolute Gasteiger partial charge is 0.123 e. The number of ether oxygens (including phenoxy) is 1. The first-order valence-corrected chi connectivity index (χ1v) is 5.27. The molecule has 4 N–H and O–H groups in total. The largest absolute Gasteiger partial charge is 0.496 e. The summed E-state index contributed by atoms with van der Waals surface area (Å²) in [6.07, 6.45) is 0.757. The van der Waals surface area contributed by atoms with E-state index in [4.69, 9.17) is 16.2 Å². The molecule has 1 rings (SSSR count). The van der Waals surface area contributed by atoms with Gasteiger partial charge in [0, 0.05) is 16.1 Å². The Hall–Kier alpha value is -0.290. The fraction of sp³-hybridized carbons (Fsp3) is 0.400. The minimum atomic E-state index is -0.0625. The van der Waals surface area contributed by atoms with Gasteiger partial charge in [0.1, 0.15) is 5.75 Å². The highest BCUT2D eigenvalue weighted by atomic mass is 79.9. The maximum absolute atomic E-state index is 5.97. The number of rotatable bonds is 4. The molecule has 0 unspecified atom stereocenters. The molecule has 0 heterocycles. The normalized spacial score (nSPS) is 11.7. The van der Waals surface area contributed by atoms with Crippen LogP contribution in [0.4, 0.5) is 0 Å². The van der Waals surface area contributed by atoms with Crippen LogP contribution >= 0.6 is 28.3 Å². The van der Waals surface area contributed by atoms with Crippen molar-refractivity contribution in [2.75, 3.05) is 13.7 Å². The van der Waals surface area contributed by atoms with E-state index < -0.39 is 0 Å². The van der Waals surface area contributed by atoms with Crippen molar-refractivity contribution in [1.29, 1.82) is 0 Å². The van der Waals surface area contributed by atoms with Gasteiger partial charge >= 0.3 is 0 Å². The quantitative estimate of drug-likeness (QED) is 0.895. The molecule has 0 bridgehead atoms. The van der Waals surface area contributed by atoms with Crippen molar-refractivity contribution in [2.24, 2.45) is 11.5 Å². The molecule has 86 valence electrons. The third kappa shape index (κ3) is 3.99. The molecule has 0 aliphatic carbocycles. The summed E-state index contributed by atoms with van der Waals surface area (Å²) in [6.45, 7) is 0.580. The Kier molecular flexibility index (Phi) is 6.92. The second-order valence-electron chi connectivity index (χ2n) is 3.07. The summed E-state index contributed by atoms with van der Waals surface area (Å²) in [6, 6.07) is 5.74. The molecule has 0 saturated heterocycles. The molecule has 15 heavy (non-hydrogen) atoms. The Morgan fingerprint density at radius 1 is 1.47 bits per heavy atom. The first-order chi connectivity index (χ1) is 6.69. The predicted octanol–water partition coefficient (Wildman–Crippen LogP) is 2.23. The molecule has 0 amide bonds. The highest BCUT2D eigenvalue weighted by molar-refractivity contribution is 9.10. The van der Waals surface area contributed by atoms with Crippen molar-refractivity contribution in [1.82, 2.24) is 0 Å². The monoisotopic (exact) mass is 294 g/mol. The van der Waals surface area contributed by atoms with E-state index in [1.54, 1.807) is 7.11 Å². The van der Waals surface area contributed by atoms with Crippen LogP contribution in [0.15, 0.2) is 22.7 Å². The number of nitrogens with two attached hydrogens (primary N) is 2. The van der Waals surface area contributed by atoms with Gasteiger partial charge in [0.05, 0.1) is 7.11 Å². The minimum Gasteiger partial charge on any atom is -0.496 e. The molecule has 0 aromatic heterocycles. The first kappa shape index (κ1) is 14.7. The molecule has 0 aliphatic rings. The van der Waals surface area contributed by atoms with E-state index in [0.717, 1.165) is 22.2 Å². The Balaban J connectivity index is 0.00000196. The SMILES string of the molecule is COc1ccc(Br)cc1[C@@H](N)CCN.Cl. The van der Waals surface area contributed by atoms with E-state index in [9.17, 15) is 0 Å². The summed E-state index contributed by atoms with van der Waals surface area (Å²) in [7, 11) is 1.64. The zero-order chi connectivity index (χ0) is 10.6. The molecule has 1 atom stereocenters. The first-order valence-electron chi connectivity index (χ1n) is 4.48. The van der Waals surface area contributed by atoms with Gasteiger partial charge in [0.25, 0.3) is 0 Å². The van der Waals surface area contributed by atoms with Gasteiger partial charge < -0.3 is 16.2 Å². The molecule has 0 spiro atoms. The van der Waals surface area contributed by atoms with Crippen molar-refractivity contribution in [3.05, 3.63) is 28.2 Å². The van der Waals surface area contributed by atoms with Crippen LogP contribution in [0.1, 0.15) is 18.0 Å². The van der Waals surface area contributed by atoms with E-state index in [-0.39, 0.29) is 18.4 Å². The second kappa shape index (κ2) is 7.06. The molecular weight excluding hydrogens is 279 g/mol. The Morgan fingerprint density at radius 3 is 2.67 bits per heavy atom. The summed E-state index contributed by atoms with van der Waals surface area (Å²) in [5.74, 6) is 0.814. The van der Waals surface area contributed by atoms with Crippen LogP contribution in [0.25, 0.3) is 0 Å². The third-order valence-electron chi connectivity index (χ3n) is 2.07. The topological polar surface area (TPSA) is 61.3 Å². The highest BCUT2D eigenvalue weighted by Crippen LogP contribution is 2.28. The van der Waals surface area contributed by atoms with Gasteiger partial charge in [0.2, 0.25) is 0 Å². The van der Waals surface area contributed by atoms with Crippen LogP contribution in [0, 0.1) is 0 Å². The summed E-state index contributed by atoms with van der Waals surface area (Å²) < 4.78 is 6.23. The molecule has 0 aliphatic heterocycles. The van der Waals surface area contributed by atoms with Crippen LogP contribution < -0.4 is 16.2 Å². The van der Waals surface area contributed by atoms with Gasteiger partial charge in [-0.05, 0) is 31.2 Å². The van der Waals surface area contributed by atoms with Crippen LogP contribution in [0.5, 0.6) is 5.75 Å². The van der Waals surface area contributed by atoms with Crippen LogP contribution in [0.3, 0.4) is 0 Å². The number of methoxy groups -OCH3 is 1. The zero-order valence-electron chi connectivity index (χ0n) is 8.57. The molecule has 0 saturated carbocycles. The number of halogens is 2. The van der Waals surface area contributed by atoms with Gasteiger partial charge in [-0.2, -0.15) is 0 Å². The lowest BCUT2D eigenvalue weighted by atomic mass is 10.0. The average molecular weight is 296 g/mol. The molecule has 5 heteroatoms. The van der Waals surface area contributed by atoms with Crippen molar-refractivity contribution in [2.45, 2.75) is 12.5 Å². The minimum absolute atomic E-state index is 0. The van der Waals surface area contributed by atoms with Gasteiger partial charge in [0.15, 0.2) is 0 Å². The van der Waals surface area contributed by atoms with Crippen LogP contribution in [-0.2, 0) is 0 Å². The number of hydrogen-bond acceptors (Lipinski definition) is 3. The number of benzene rings is 1. The second-order valence-corrected chi connectivity index (χ2v) is 3.99. The summed E-state index contributed by atoms with van der Waals surface area (Å²) in [5, 5.41) is 0. The molecular formula is C10H16BrClN2O. The Bertz CT molecular complexity index is 309. The molecule has 1 aromatic rings. The van der Waals surface area contributed by atoms with Crippen molar-refractivity contribution >= 4 is 28.3 Å². The zero-order valence-corrected chi connectivity index (χ0v) is 11.0. The van der Waals surface area contributed by atoms with E-state index in [1.165, 1.54) is 0 Å². The molecule has 0 radical (unpaired) electrons. The van der Waals surface area contributed by atoms with E-state index in [2.05, 4.69) is 15.9 Å². The summed E-state index contributed by atoms with van der Waals surface area (Å²) >= 11 is 3.40. The standard InChI is InChI=1S/C10H15BrN2O.ClH/c1-14-10-3-2-7(11)6-8(10)9(13)4-5-12;/h2-3,6,9H,4-5,12-13H2,1H3;1H/t9-;/m0./s1. The maximum atomic E-state index is 5.97. The lowest BCUT2D eigenvalue weighted by Gasteiger charge is -2.15.